The van der Waals surface area contributed by atoms with Crippen LogP contribution in [0.15, 0.2) is 77.6 Å². The lowest BCUT2D eigenvalue weighted by Crippen LogP contribution is -2.43. The maximum atomic E-state index is 12.7. The molecule has 4 aromatic rings. The maximum Gasteiger partial charge on any atom is 0.326 e. The lowest BCUT2D eigenvalue weighted by molar-refractivity contribution is -0.253. The molecule has 3 unspecified atom stereocenters. The van der Waals surface area contributed by atoms with Crippen LogP contribution in [-0.4, -0.2) is 57.9 Å². The van der Waals surface area contributed by atoms with E-state index in [4.69, 9.17) is 9.47 Å². The van der Waals surface area contributed by atoms with Gasteiger partial charge in [-0.2, -0.15) is 0 Å². The average molecular weight is 586 g/mol. The number of aliphatic hydroxyl groups excluding tert-OH is 1. The monoisotopic (exact) mass is 585 g/mol. The first-order valence-electron chi connectivity index (χ1n) is 15.1. The normalized spacial score (nSPS) is 21.6. The molecule has 2 aliphatic rings. The van der Waals surface area contributed by atoms with E-state index < -0.39 is 6.29 Å². The molecule has 43 heavy (non-hydrogen) atoms. The number of hydrogen-bond donors (Lipinski definition) is 4. The largest absolute Gasteiger partial charge is 0.392 e. The lowest BCUT2D eigenvalue weighted by Gasteiger charge is -2.40. The van der Waals surface area contributed by atoms with E-state index in [0.717, 1.165) is 60.2 Å². The molecule has 0 bridgehead atoms. The summed E-state index contributed by atoms with van der Waals surface area (Å²) in [6, 6.07) is 23.2. The number of likely N-dealkylation sites (tertiary alicyclic amines) is 1. The Balaban J connectivity index is 1.15. The molecule has 2 fully saturated rings. The van der Waals surface area contributed by atoms with Gasteiger partial charge in [0.1, 0.15) is 0 Å². The molecule has 0 aliphatic carbocycles. The number of anilines is 1. The molecule has 6 rings (SSSR count). The summed E-state index contributed by atoms with van der Waals surface area (Å²) in [5.41, 5.74) is 5.26. The van der Waals surface area contributed by atoms with Crippen LogP contribution in [0.25, 0.3) is 11.0 Å². The molecule has 2 aliphatic heterocycles. The molecular weight excluding hydrogens is 546 g/mol. The molecule has 3 heterocycles. The maximum absolute atomic E-state index is 12.7. The number of piperidine rings is 1. The highest BCUT2D eigenvalue weighted by Crippen LogP contribution is 2.39. The summed E-state index contributed by atoms with van der Waals surface area (Å²) in [5.74, 6) is 0. The third-order valence-corrected chi connectivity index (χ3v) is 8.40. The SMILES string of the molecule is CCNC(=O)Nc1ccc(C2OC(CN3CCC(n4c(=O)[nH]c5ccccc54)CC3)CC(c3ccc(CO)cc3)O2)cc1. The number of carbonyl (C=O) groups is 1. The number of aromatic amines is 1. The molecule has 0 radical (unpaired) electrons. The zero-order chi connectivity index (χ0) is 29.8. The van der Waals surface area contributed by atoms with Gasteiger partial charge in [-0.15, -0.1) is 0 Å². The van der Waals surface area contributed by atoms with Gasteiger partial charge in [-0.25, -0.2) is 9.59 Å². The third-order valence-electron chi connectivity index (χ3n) is 8.40. The van der Waals surface area contributed by atoms with Crippen molar-refractivity contribution in [3.63, 3.8) is 0 Å². The Hall–Kier alpha value is -3.96. The van der Waals surface area contributed by atoms with Crippen LogP contribution < -0.4 is 16.3 Å². The van der Waals surface area contributed by atoms with Crippen molar-refractivity contribution in [3.05, 3.63) is 100.0 Å². The van der Waals surface area contributed by atoms with Gasteiger partial charge in [0.2, 0.25) is 0 Å². The predicted octanol–water partition coefficient (Wildman–Crippen LogP) is 4.85. The van der Waals surface area contributed by atoms with Gasteiger partial charge in [0, 0.05) is 49.9 Å². The first kappa shape index (κ1) is 29.1. The zero-order valence-corrected chi connectivity index (χ0v) is 24.4. The highest BCUT2D eigenvalue weighted by Gasteiger charge is 2.34. The number of ether oxygens (including phenoxy) is 2. The van der Waals surface area contributed by atoms with Crippen molar-refractivity contribution < 1.29 is 19.4 Å². The molecule has 226 valence electrons. The zero-order valence-electron chi connectivity index (χ0n) is 24.4. The van der Waals surface area contributed by atoms with E-state index in [0.29, 0.717) is 18.7 Å². The standard InChI is InChI=1S/C33H39N5O5/c1-2-34-32(40)35-25-13-11-24(12-14-25)31-42-27(19-30(43-31)23-9-7-22(21-39)8-10-23)20-37-17-15-26(16-18-37)38-29-6-4-3-5-28(29)36-33(38)41/h3-14,26-27,30-31,39H,2,15-21H2,1H3,(H,36,41)(H2,34,35,40). The first-order chi connectivity index (χ1) is 21.0. The number of aliphatic hydroxyl groups is 1. The lowest BCUT2D eigenvalue weighted by atomic mass is 9.98. The number of nitrogens with one attached hydrogen (secondary N) is 3. The topological polar surface area (TPSA) is 121 Å². The number of urea groups is 1. The number of para-hydroxylation sites is 2. The first-order valence-corrected chi connectivity index (χ1v) is 15.1. The number of aromatic nitrogens is 2. The van der Waals surface area contributed by atoms with Crippen molar-refractivity contribution in [2.45, 2.75) is 57.3 Å². The number of rotatable bonds is 8. The van der Waals surface area contributed by atoms with Gasteiger partial charge in [0.05, 0.1) is 29.8 Å². The van der Waals surface area contributed by atoms with Crippen molar-refractivity contribution in [1.29, 1.82) is 0 Å². The van der Waals surface area contributed by atoms with E-state index in [1.807, 2.05) is 84.3 Å². The molecular formula is C33H39N5O5. The smallest absolute Gasteiger partial charge is 0.326 e. The summed E-state index contributed by atoms with van der Waals surface area (Å²) >= 11 is 0. The van der Waals surface area contributed by atoms with E-state index >= 15 is 0 Å². The van der Waals surface area contributed by atoms with E-state index in [-0.39, 0.29) is 36.6 Å². The average Bonchev–Trinajstić information content (AvgIpc) is 3.37. The Morgan fingerprint density at radius 3 is 2.42 bits per heavy atom. The second kappa shape index (κ2) is 13.1. The van der Waals surface area contributed by atoms with Gasteiger partial charge in [0.25, 0.3) is 0 Å². The van der Waals surface area contributed by atoms with Gasteiger partial charge < -0.3 is 35.1 Å². The summed E-state index contributed by atoms with van der Waals surface area (Å²) < 4.78 is 15.0. The highest BCUT2D eigenvalue weighted by molar-refractivity contribution is 5.89. The molecule has 4 N–H and O–H groups in total. The number of fused-ring (bicyclic) bond motifs is 1. The molecule has 2 saturated heterocycles. The summed E-state index contributed by atoms with van der Waals surface area (Å²) in [6.45, 7) is 4.93. The van der Waals surface area contributed by atoms with Crippen molar-refractivity contribution >= 4 is 22.8 Å². The summed E-state index contributed by atoms with van der Waals surface area (Å²) in [7, 11) is 0. The number of imidazole rings is 1. The Labute approximate surface area is 250 Å². The molecule has 10 heteroatoms. The number of nitrogens with zero attached hydrogens (tertiary/aromatic N) is 2. The minimum Gasteiger partial charge on any atom is -0.392 e. The van der Waals surface area contributed by atoms with E-state index in [2.05, 4.69) is 20.5 Å². The molecule has 3 aromatic carbocycles. The van der Waals surface area contributed by atoms with E-state index in [9.17, 15) is 14.7 Å². The van der Waals surface area contributed by atoms with Gasteiger partial charge >= 0.3 is 11.7 Å². The molecule has 0 saturated carbocycles. The van der Waals surface area contributed by atoms with Crippen LogP contribution in [0, 0.1) is 0 Å². The quantitative estimate of drug-likeness (QED) is 0.235. The van der Waals surface area contributed by atoms with Gasteiger partial charge in [-0.3, -0.25) is 4.57 Å². The van der Waals surface area contributed by atoms with Crippen LogP contribution in [0.3, 0.4) is 0 Å². The molecule has 1 aromatic heterocycles. The van der Waals surface area contributed by atoms with Crippen molar-refractivity contribution in [3.8, 4) is 0 Å². The number of H-pyrrole nitrogens is 1. The van der Waals surface area contributed by atoms with Crippen LogP contribution in [0.1, 0.15) is 61.3 Å². The second-order valence-corrected chi connectivity index (χ2v) is 11.3. The van der Waals surface area contributed by atoms with Crippen molar-refractivity contribution in [1.82, 2.24) is 19.8 Å². The number of benzene rings is 3. The number of amides is 2. The number of carbonyl (C=O) groups excluding carboxylic acids is 1. The Morgan fingerprint density at radius 1 is 0.977 bits per heavy atom. The number of hydrogen-bond acceptors (Lipinski definition) is 6. The minimum atomic E-state index is -0.567. The van der Waals surface area contributed by atoms with Crippen molar-refractivity contribution in [2.24, 2.45) is 0 Å². The summed E-state index contributed by atoms with van der Waals surface area (Å²) in [5, 5.41) is 15.1. The van der Waals surface area contributed by atoms with E-state index in [1.54, 1.807) is 0 Å². The highest BCUT2D eigenvalue weighted by atomic mass is 16.7. The fraction of sp³-hybridized carbons (Fsp3) is 0.394. The van der Waals surface area contributed by atoms with Crippen LogP contribution in [0.4, 0.5) is 10.5 Å². The van der Waals surface area contributed by atoms with Crippen LogP contribution in [0.5, 0.6) is 0 Å². The summed E-state index contributed by atoms with van der Waals surface area (Å²) in [4.78, 5) is 30.1. The van der Waals surface area contributed by atoms with E-state index in [1.165, 1.54) is 0 Å². The minimum absolute atomic E-state index is 0.00252. The fourth-order valence-corrected chi connectivity index (χ4v) is 6.18. The molecule has 2 amide bonds. The predicted molar refractivity (Wildman–Crippen MR) is 165 cm³/mol. The van der Waals surface area contributed by atoms with Gasteiger partial charge in [0.15, 0.2) is 6.29 Å². The molecule has 10 nitrogen and oxygen atoms in total. The van der Waals surface area contributed by atoms with Crippen LogP contribution in [-0.2, 0) is 16.1 Å². The van der Waals surface area contributed by atoms with Gasteiger partial charge in [-0.1, -0.05) is 48.5 Å². The Morgan fingerprint density at radius 2 is 1.70 bits per heavy atom. The Kier molecular flexibility index (Phi) is 8.90. The van der Waals surface area contributed by atoms with Gasteiger partial charge in [-0.05, 0) is 55.2 Å². The third kappa shape index (κ3) is 6.67. The Bertz CT molecular complexity index is 1570. The second-order valence-electron chi connectivity index (χ2n) is 11.3. The van der Waals surface area contributed by atoms with Crippen LogP contribution in [0.2, 0.25) is 0 Å². The van der Waals surface area contributed by atoms with Crippen molar-refractivity contribution in [2.75, 3.05) is 31.5 Å². The summed E-state index contributed by atoms with van der Waals surface area (Å²) in [6.07, 6.45) is 1.67. The molecule has 0 spiro atoms. The van der Waals surface area contributed by atoms with Crippen LogP contribution >= 0.6 is 0 Å². The fourth-order valence-electron chi connectivity index (χ4n) is 6.18. The molecule has 3 atom stereocenters.